The van der Waals surface area contributed by atoms with Crippen molar-refractivity contribution in [1.29, 1.82) is 0 Å². The number of hydrogen-bond acceptors (Lipinski definition) is 4. The first-order chi connectivity index (χ1) is 12.7. The van der Waals surface area contributed by atoms with Crippen molar-refractivity contribution >= 4 is 16.0 Å². The van der Waals surface area contributed by atoms with Crippen molar-refractivity contribution in [2.75, 3.05) is 20.6 Å². The van der Waals surface area contributed by atoms with Gasteiger partial charge in [0, 0.05) is 12.6 Å². The molecule has 2 aromatic carbocycles. The number of sulfonamides is 1. The molecule has 0 bridgehead atoms. The van der Waals surface area contributed by atoms with Crippen molar-refractivity contribution in [3.8, 4) is 0 Å². The molecule has 0 fully saturated rings. The van der Waals surface area contributed by atoms with Crippen LogP contribution < -0.4 is 4.72 Å². The van der Waals surface area contributed by atoms with Gasteiger partial charge in [0.05, 0.1) is 10.5 Å². The van der Waals surface area contributed by atoms with E-state index >= 15 is 0 Å². The number of carboxylic acid groups (broad SMARTS) is 1. The minimum absolute atomic E-state index is 0.0131. The molecular formula is C19H23FN2O4S. The third-order valence-electron chi connectivity index (χ3n) is 4.31. The molecule has 0 spiro atoms. The summed E-state index contributed by atoms with van der Waals surface area (Å²) in [5, 5.41) is 9.15. The fourth-order valence-corrected chi connectivity index (χ4v) is 4.18. The minimum atomic E-state index is -3.94. The molecule has 2 N–H and O–H groups in total. The Hall–Kier alpha value is -2.29. The molecule has 0 heterocycles. The lowest BCUT2D eigenvalue weighted by Crippen LogP contribution is -2.35. The predicted octanol–water partition coefficient (Wildman–Crippen LogP) is 2.67. The summed E-state index contributed by atoms with van der Waals surface area (Å²) in [6.07, 6.45) is 0.442. The largest absolute Gasteiger partial charge is 0.478 e. The van der Waals surface area contributed by atoms with E-state index in [4.69, 9.17) is 5.11 Å². The van der Waals surface area contributed by atoms with Gasteiger partial charge in [0.25, 0.3) is 0 Å². The van der Waals surface area contributed by atoms with E-state index in [-0.39, 0.29) is 23.0 Å². The summed E-state index contributed by atoms with van der Waals surface area (Å²) in [6.45, 7) is 1.81. The number of rotatable bonds is 8. The number of nitrogens with one attached hydrogen (secondary N) is 1. The third-order valence-corrected chi connectivity index (χ3v) is 5.81. The standard InChI is InChI=1S/C19H23FN2O4S/c1-4-13-8-9-15(19(23)24)11-18(13)27(25,26)21-12-17(22(2)3)14-6-5-7-16(20)10-14/h5-11,17,21H,4,12H2,1-3H3,(H,23,24). The summed E-state index contributed by atoms with van der Waals surface area (Å²) in [5.41, 5.74) is 1.07. The van der Waals surface area contributed by atoms with Crippen LogP contribution in [0.25, 0.3) is 0 Å². The van der Waals surface area contributed by atoms with Crippen molar-refractivity contribution in [2.24, 2.45) is 0 Å². The van der Waals surface area contributed by atoms with Crippen LogP contribution in [0.15, 0.2) is 47.4 Å². The molecule has 6 nitrogen and oxygen atoms in total. The zero-order chi connectivity index (χ0) is 20.2. The molecule has 8 heteroatoms. The van der Waals surface area contributed by atoms with Crippen LogP contribution in [-0.4, -0.2) is 45.0 Å². The molecule has 0 aliphatic heterocycles. The zero-order valence-electron chi connectivity index (χ0n) is 15.4. The van der Waals surface area contributed by atoms with Crippen LogP contribution in [-0.2, 0) is 16.4 Å². The van der Waals surface area contributed by atoms with Crippen LogP contribution in [0.1, 0.15) is 34.5 Å². The maximum absolute atomic E-state index is 13.5. The molecule has 27 heavy (non-hydrogen) atoms. The molecule has 0 saturated heterocycles. The van der Waals surface area contributed by atoms with Gasteiger partial charge >= 0.3 is 5.97 Å². The number of carbonyl (C=O) groups is 1. The lowest BCUT2D eigenvalue weighted by molar-refractivity contribution is 0.0696. The molecule has 2 aromatic rings. The number of likely N-dealkylation sites (N-methyl/N-ethyl adjacent to an activating group) is 1. The second-order valence-corrected chi connectivity index (χ2v) is 8.10. The molecule has 0 saturated carbocycles. The van der Waals surface area contributed by atoms with Crippen LogP contribution >= 0.6 is 0 Å². The highest BCUT2D eigenvalue weighted by Gasteiger charge is 2.23. The van der Waals surface area contributed by atoms with E-state index in [1.54, 1.807) is 38.1 Å². The highest BCUT2D eigenvalue weighted by molar-refractivity contribution is 7.89. The van der Waals surface area contributed by atoms with E-state index in [0.717, 1.165) is 6.07 Å². The normalized spacial score (nSPS) is 12.9. The first-order valence-corrected chi connectivity index (χ1v) is 9.91. The maximum Gasteiger partial charge on any atom is 0.335 e. The van der Waals surface area contributed by atoms with Gasteiger partial charge in [-0.3, -0.25) is 0 Å². The monoisotopic (exact) mass is 394 g/mol. The second kappa shape index (κ2) is 8.60. The van der Waals surface area contributed by atoms with Gasteiger partial charge in [-0.05, 0) is 55.9 Å². The Morgan fingerprint density at radius 3 is 2.48 bits per heavy atom. The van der Waals surface area contributed by atoms with E-state index in [2.05, 4.69) is 4.72 Å². The summed E-state index contributed by atoms with van der Waals surface area (Å²) < 4.78 is 41.7. The Morgan fingerprint density at radius 1 is 1.22 bits per heavy atom. The second-order valence-electron chi connectivity index (χ2n) is 6.37. The van der Waals surface area contributed by atoms with Crippen molar-refractivity contribution in [2.45, 2.75) is 24.3 Å². The topological polar surface area (TPSA) is 86.7 Å². The van der Waals surface area contributed by atoms with Gasteiger partial charge in [-0.1, -0.05) is 25.1 Å². The number of nitrogens with zero attached hydrogens (tertiary/aromatic N) is 1. The smallest absolute Gasteiger partial charge is 0.335 e. The highest BCUT2D eigenvalue weighted by atomic mass is 32.2. The van der Waals surface area contributed by atoms with Gasteiger partial charge in [-0.25, -0.2) is 22.3 Å². The zero-order valence-corrected chi connectivity index (χ0v) is 16.3. The van der Waals surface area contributed by atoms with Gasteiger partial charge in [-0.2, -0.15) is 0 Å². The molecule has 2 rings (SSSR count). The molecule has 1 atom stereocenters. The number of aromatic carboxylic acids is 1. The first kappa shape index (κ1) is 21.0. The summed E-state index contributed by atoms with van der Waals surface area (Å²) >= 11 is 0. The number of carboxylic acids is 1. The summed E-state index contributed by atoms with van der Waals surface area (Å²) in [7, 11) is -0.399. The minimum Gasteiger partial charge on any atom is -0.478 e. The van der Waals surface area contributed by atoms with E-state index in [9.17, 15) is 17.6 Å². The molecule has 0 aliphatic carbocycles. The van der Waals surface area contributed by atoms with Crippen LogP contribution in [0.3, 0.4) is 0 Å². The summed E-state index contributed by atoms with van der Waals surface area (Å²) in [5.74, 6) is -1.59. The Balaban J connectivity index is 2.32. The quantitative estimate of drug-likeness (QED) is 0.719. The van der Waals surface area contributed by atoms with Gasteiger partial charge < -0.3 is 10.0 Å². The van der Waals surface area contributed by atoms with Crippen molar-refractivity contribution in [3.05, 3.63) is 65.0 Å². The number of benzene rings is 2. The average molecular weight is 394 g/mol. The van der Waals surface area contributed by atoms with Gasteiger partial charge in [0.2, 0.25) is 10.0 Å². The van der Waals surface area contributed by atoms with E-state index < -0.39 is 21.8 Å². The van der Waals surface area contributed by atoms with Crippen LogP contribution in [0.2, 0.25) is 0 Å². The Labute approximate surface area is 158 Å². The average Bonchev–Trinajstić information content (AvgIpc) is 2.61. The van der Waals surface area contributed by atoms with Crippen LogP contribution in [0.4, 0.5) is 4.39 Å². The highest BCUT2D eigenvalue weighted by Crippen LogP contribution is 2.22. The van der Waals surface area contributed by atoms with Crippen LogP contribution in [0, 0.1) is 5.82 Å². The molecule has 0 aliphatic rings. The van der Waals surface area contributed by atoms with Crippen molar-refractivity contribution in [3.63, 3.8) is 0 Å². The lowest BCUT2D eigenvalue weighted by Gasteiger charge is -2.25. The SMILES string of the molecule is CCc1ccc(C(=O)O)cc1S(=O)(=O)NCC(c1cccc(F)c1)N(C)C. The molecule has 146 valence electrons. The Kier molecular flexibility index (Phi) is 6.69. The van der Waals surface area contributed by atoms with Gasteiger partial charge in [-0.15, -0.1) is 0 Å². The van der Waals surface area contributed by atoms with Gasteiger partial charge in [0.15, 0.2) is 0 Å². The summed E-state index contributed by atoms with van der Waals surface area (Å²) in [4.78, 5) is 12.9. The molecule has 1 unspecified atom stereocenters. The van der Waals surface area contributed by atoms with E-state index in [1.165, 1.54) is 24.3 Å². The maximum atomic E-state index is 13.5. The van der Waals surface area contributed by atoms with E-state index in [0.29, 0.717) is 17.5 Å². The Bertz CT molecular complexity index is 929. The lowest BCUT2D eigenvalue weighted by atomic mass is 10.1. The third kappa shape index (κ3) is 5.12. The van der Waals surface area contributed by atoms with Gasteiger partial charge in [0.1, 0.15) is 5.82 Å². The molecule has 0 amide bonds. The van der Waals surface area contributed by atoms with E-state index in [1.807, 2.05) is 0 Å². The molecular weight excluding hydrogens is 371 g/mol. The number of halogens is 1. The van der Waals surface area contributed by atoms with Crippen molar-refractivity contribution < 1.29 is 22.7 Å². The number of hydrogen-bond donors (Lipinski definition) is 2. The molecule has 0 radical (unpaired) electrons. The predicted molar refractivity (Wildman–Crippen MR) is 101 cm³/mol. The fraction of sp³-hybridized carbons (Fsp3) is 0.316. The number of aryl methyl sites for hydroxylation is 1. The Morgan fingerprint density at radius 2 is 1.93 bits per heavy atom. The van der Waals surface area contributed by atoms with Crippen molar-refractivity contribution in [1.82, 2.24) is 9.62 Å². The summed E-state index contributed by atoms with van der Waals surface area (Å²) in [6, 6.07) is 9.65. The molecule has 0 aromatic heterocycles. The van der Waals surface area contributed by atoms with Crippen LogP contribution in [0.5, 0.6) is 0 Å². The fourth-order valence-electron chi connectivity index (χ4n) is 2.81. The first-order valence-electron chi connectivity index (χ1n) is 8.43.